The highest BCUT2D eigenvalue weighted by Crippen LogP contribution is 2.28. The minimum atomic E-state index is -0.429. The van der Waals surface area contributed by atoms with Crippen LogP contribution in [-0.2, 0) is 4.74 Å². The molecule has 0 fully saturated rings. The molecule has 2 aromatic rings. The molecule has 0 aliphatic carbocycles. The van der Waals surface area contributed by atoms with Crippen molar-refractivity contribution in [2.45, 2.75) is 11.8 Å². The fourth-order valence-corrected chi connectivity index (χ4v) is 2.20. The van der Waals surface area contributed by atoms with Gasteiger partial charge in [0.2, 0.25) is 5.88 Å². The van der Waals surface area contributed by atoms with Gasteiger partial charge in [-0.25, -0.2) is 9.78 Å². The molecular formula is C15H13BrClNO3. The number of alkyl halides is 1. The van der Waals surface area contributed by atoms with Crippen molar-refractivity contribution < 1.29 is 14.3 Å². The summed E-state index contributed by atoms with van der Waals surface area (Å²) >= 11 is 9.24. The number of methoxy groups -OCH3 is 1. The quantitative estimate of drug-likeness (QED) is 0.574. The molecule has 0 saturated heterocycles. The summed E-state index contributed by atoms with van der Waals surface area (Å²) in [6, 6.07) is 10.2. The fourth-order valence-electron chi connectivity index (χ4n) is 1.72. The van der Waals surface area contributed by atoms with Gasteiger partial charge in [0.15, 0.2) is 0 Å². The van der Waals surface area contributed by atoms with Gasteiger partial charge in [0.25, 0.3) is 0 Å². The molecule has 4 nitrogen and oxygen atoms in total. The molecule has 1 atom stereocenters. The Morgan fingerprint density at radius 1 is 1.24 bits per heavy atom. The van der Waals surface area contributed by atoms with Crippen LogP contribution in [0.2, 0.25) is 5.02 Å². The predicted molar refractivity (Wildman–Crippen MR) is 84.4 cm³/mol. The number of aromatic nitrogens is 1. The Morgan fingerprint density at radius 2 is 1.90 bits per heavy atom. The van der Waals surface area contributed by atoms with Gasteiger partial charge in [-0.1, -0.05) is 27.5 Å². The van der Waals surface area contributed by atoms with Gasteiger partial charge in [-0.2, -0.15) is 0 Å². The van der Waals surface area contributed by atoms with E-state index in [1.54, 1.807) is 36.4 Å². The third-order valence-corrected chi connectivity index (χ3v) is 3.40. The van der Waals surface area contributed by atoms with Gasteiger partial charge in [-0.05, 0) is 37.3 Å². The van der Waals surface area contributed by atoms with Crippen LogP contribution in [0.1, 0.15) is 27.8 Å². The van der Waals surface area contributed by atoms with Crippen LogP contribution in [0.3, 0.4) is 0 Å². The number of hydrogen-bond donors (Lipinski definition) is 0. The maximum absolute atomic E-state index is 11.7. The number of halogens is 2. The first-order valence-corrected chi connectivity index (χ1v) is 7.47. The first kappa shape index (κ1) is 15.8. The summed E-state index contributed by atoms with van der Waals surface area (Å²) in [6.45, 7) is 1.88. The molecule has 0 spiro atoms. The standard InChI is InChI=1S/C15H13BrClNO3/c1-9(16)14-12(15(19)20-2)7-8-13(18-14)21-11-5-3-10(17)4-6-11/h3-9H,1-2H3. The van der Waals surface area contributed by atoms with E-state index in [1.807, 2.05) is 6.92 Å². The van der Waals surface area contributed by atoms with Crippen LogP contribution < -0.4 is 4.74 Å². The van der Waals surface area contributed by atoms with Crippen LogP contribution in [0.5, 0.6) is 11.6 Å². The van der Waals surface area contributed by atoms with Crippen LogP contribution >= 0.6 is 27.5 Å². The zero-order chi connectivity index (χ0) is 15.4. The lowest BCUT2D eigenvalue weighted by Crippen LogP contribution is -2.08. The zero-order valence-corrected chi connectivity index (χ0v) is 13.8. The van der Waals surface area contributed by atoms with Crippen molar-refractivity contribution in [1.82, 2.24) is 4.98 Å². The molecule has 1 heterocycles. The molecule has 110 valence electrons. The molecule has 0 saturated carbocycles. The number of rotatable bonds is 4. The van der Waals surface area contributed by atoms with Crippen molar-refractivity contribution in [3.05, 3.63) is 52.7 Å². The second-order valence-electron chi connectivity index (χ2n) is 4.25. The summed E-state index contributed by atoms with van der Waals surface area (Å²) in [6.07, 6.45) is 0. The minimum absolute atomic E-state index is 0.111. The smallest absolute Gasteiger partial charge is 0.339 e. The number of carbonyl (C=O) groups excluding carboxylic acids is 1. The Labute approximate surface area is 136 Å². The van der Waals surface area contributed by atoms with Gasteiger partial charge in [0.05, 0.1) is 23.2 Å². The average molecular weight is 371 g/mol. The Bertz CT molecular complexity index is 644. The first-order valence-electron chi connectivity index (χ1n) is 6.18. The maximum Gasteiger partial charge on any atom is 0.339 e. The molecule has 21 heavy (non-hydrogen) atoms. The largest absolute Gasteiger partial charge is 0.465 e. The molecule has 0 aliphatic rings. The van der Waals surface area contributed by atoms with Crippen molar-refractivity contribution in [3.8, 4) is 11.6 Å². The van der Waals surface area contributed by atoms with Gasteiger partial charge in [0, 0.05) is 11.1 Å². The Kier molecular flexibility index (Phi) is 5.20. The summed E-state index contributed by atoms with van der Waals surface area (Å²) in [5.41, 5.74) is 0.971. The summed E-state index contributed by atoms with van der Waals surface area (Å²) < 4.78 is 10.4. The fraction of sp³-hybridized carbons (Fsp3) is 0.200. The first-order chi connectivity index (χ1) is 10.0. The molecule has 0 radical (unpaired) electrons. The molecule has 1 unspecified atom stereocenters. The number of benzene rings is 1. The van der Waals surface area contributed by atoms with Crippen molar-refractivity contribution in [2.24, 2.45) is 0 Å². The Morgan fingerprint density at radius 3 is 2.48 bits per heavy atom. The Hall–Kier alpha value is -1.59. The van der Waals surface area contributed by atoms with Crippen molar-refractivity contribution in [3.63, 3.8) is 0 Å². The van der Waals surface area contributed by atoms with Crippen molar-refractivity contribution in [1.29, 1.82) is 0 Å². The van der Waals surface area contributed by atoms with Crippen LogP contribution in [0, 0.1) is 0 Å². The number of nitrogens with zero attached hydrogens (tertiary/aromatic N) is 1. The second kappa shape index (κ2) is 6.91. The van der Waals surface area contributed by atoms with Gasteiger partial charge >= 0.3 is 5.97 Å². The molecule has 0 amide bonds. The molecule has 1 aromatic heterocycles. The second-order valence-corrected chi connectivity index (χ2v) is 6.06. The van der Waals surface area contributed by atoms with E-state index >= 15 is 0 Å². The van der Waals surface area contributed by atoms with Crippen LogP contribution in [0.4, 0.5) is 0 Å². The SMILES string of the molecule is COC(=O)c1ccc(Oc2ccc(Cl)cc2)nc1C(C)Br. The minimum Gasteiger partial charge on any atom is -0.465 e. The number of esters is 1. The summed E-state index contributed by atoms with van der Waals surface area (Å²) in [5, 5.41) is 0.631. The molecule has 0 bridgehead atoms. The molecule has 6 heteroatoms. The third-order valence-electron chi connectivity index (χ3n) is 2.72. The molecular weight excluding hydrogens is 358 g/mol. The van der Waals surface area contributed by atoms with E-state index in [0.717, 1.165) is 0 Å². The average Bonchev–Trinajstić information content (AvgIpc) is 2.48. The third kappa shape index (κ3) is 3.95. The predicted octanol–water partition coefficient (Wildman–Crippen LogP) is 4.77. The van der Waals surface area contributed by atoms with Gasteiger partial charge < -0.3 is 9.47 Å². The lowest BCUT2D eigenvalue weighted by molar-refractivity contribution is 0.0599. The lowest BCUT2D eigenvalue weighted by atomic mass is 10.1. The molecule has 1 aromatic carbocycles. The van der Waals surface area contributed by atoms with Gasteiger partial charge in [-0.15, -0.1) is 0 Å². The summed E-state index contributed by atoms with van der Waals surface area (Å²) in [7, 11) is 1.34. The van der Waals surface area contributed by atoms with Crippen molar-refractivity contribution in [2.75, 3.05) is 7.11 Å². The maximum atomic E-state index is 11.7. The van der Waals surface area contributed by atoms with Crippen LogP contribution in [0.15, 0.2) is 36.4 Å². The van der Waals surface area contributed by atoms with Crippen LogP contribution in [0.25, 0.3) is 0 Å². The number of carbonyl (C=O) groups is 1. The molecule has 2 rings (SSSR count). The molecule has 0 aliphatic heterocycles. The van der Waals surface area contributed by atoms with E-state index in [9.17, 15) is 4.79 Å². The lowest BCUT2D eigenvalue weighted by Gasteiger charge is -2.11. The number of ether oxygens (including phenoxy) is 2. The summed E-state index contributed by atoms with van der Waals surface area (Å²) in [4.78, 5) is 16.0. The number of hydrogen-bond acceptors (Lipinski definition) is 4. The highest BCUT2D eigenvalue weighted by Gasteiger charge is 2.18. The van der Waals surface area contributed by atoms with E-state index in [2.05, 4.69) is 20.9 Å². The topological polar surface area (TPSA) is 48.4 Å². The summed E-state index contributed by atoms with van der Waals surface area (Å²) in [5.74, 6) is 0.582. The van der Waals surface area contributed by atoms with Crippen molar-refractivity contribution >= 4 is 33.5 Å². The van der Waals surface area contributed by atoms with E-state index in [0.29, 0.717) is 27.9 Å². The van der Waals surface area contributed by atoms with E-state index in [1.165, 1.54) is 7.11 Å². The van der Waals surface area contributed by atoms with E-state index < -0.39 is 5.97 Å². The van der Waals surface area contributed by atoms with Crippen LogP contribution in [-0.4, -0.2) is 18.1 Å². The van der Waals surface area contributed by atoms with E-state index in [-0.39, 0.29) is 4.83 Å². The Balaban J connectivity index is 2.31. The highest BCUT2D eigenvalue weighted by molar-refractivity contribution is 9.09. The van der Waals surface area contributed by atoms with Gasteiger partial charge in [-0.3, -0.25) is 0 Å². The normalized spacial score (nSPS) is 11.8. The van der Waals surface area contributed by atoms with Gasteiger partial charge in [0.1, 0.15) is 5.75 Å². The number of pyridine rings is 1. The highest BCUT2D eigenvalue weighted by atomic mass is 79.9. The van der Waals surface area contributed by atoms with E-state index in [4.69, 9.17) is 21.1 Å². The zero-order valence-electron chi connectivity index (χ0n) is 11.5. The molecule has 0 N–H and O–H groups in total. The monoisotopic (exact) mass is 369 g/mol.